The summed E-state index contributed by atoms with van der Waals surface area (Å²) in [5.41, 5.74) is 0. The smallest absolute Gasteiger partial charge is 0.225 e. The summed E-state index contributed by atoms with van der Waals surface area (Å²) in [5, 5.41) is 7.25. The van der Waals surface area contributed by atoms with E-state index in [0.717, 1.165) is 44.7 Å². The molecule has 5 nitrogen and oxygen atoms in total. The number of aromatic amines is 1. The molecule has 1 N–H and O–H groups in total. The van der Waals surface area contributed by atoms with E-state index in [-0.39, 0.29) is 11.8 Å². The van der Waals surface area contributed by atoms with E-state index in [2.05, 4.69) is 24.0 Å². The number of likely N-dealkylation sites (tertiary alicyclic amines) is 1. The van der Waals surface area contributed by atoms with Crippen LogP contribution in [0.1, 0.15) is 51.8 Å². The molecular weight excluding hydrogens is 272 g/mol. The Hall–Kier alpha value is -1.17. The fourth-order valence-corrected chi connectivity index (χ4v) is 3.09. The van der Waals surface area contributed by atoms with Crippen molar-refractivity contribution in [2.24, 2.45) is 5.92 Å². The van der Waals surface area contributed by atoms with Gasteiger partial charge in [0.25, 0.3) is 0 Å². The molecule has 0 bridgehead atoms. The highest BCUT2D eigenvalue weighted by Gasteiger charge is 2.29. The SMILES string of the molecule is CC[C@@H](C)C(=O)N1CCC[C@@H](c2n[nH]c(=S)n2CC)C1. The molecule has 2 rings (SSSR count). The minimum absolute atomic E-state index is 0.112. The summed E-state index contributed by atoms with van der Waals surface area (Å²) in [4.78, 5) is 14.3. The van der Waals surface area contributed by atoms with Gasteiger partial charge >= 0.3 is 0 Å². The average molecular weight is 296 g/mol. The van der Waals surface area contributed by atoms with Gasteiger partial charge in [-0.2, -0.15) is 5.10 Å². The van der Waals surface area contributed by atoms with Crippen LogP contribution < -0.4 is 0 Å². The zero-order valence-electron chi connectivity index (χ0n) is 12.6. The first-order valence-corrected chi connectivity index (χ1v) is 7.93. The van der Waals surface area contributed by atoms with Gasteiger partial charge in [-0.25, -0.2) is 0 Å². The number of carbonyl (C=O) groups is 1. The van der Waals surface area contributed by atoms with Crippen molar-refractivity contribution in [3.63, 3.8) is 0 Å². The molecule has 1 fully saturated rings. The number of amides is 1. The zero-order valence-corrected chi connectivity index (χ0v) is 13.4. The Kier molecular flexibility index (Phi) is 4.96. The minimum Gasteiger partial charge on any atom is -0.342 e. The topological polar surface area (TPSA) is 53.9 Å². The molecule has 0 spiro atoms. The second kappa shape index (κ2) is 6.52. The predicted octanol–water partition coefficient (Wildman–Crippen LogP) is 2.71. The zero-order chi connectivity index (χ0) is 14.7. The van der Waals surface area contributed by atoms with Crippen LogP contribution in [-0.2, 0) is 11.3 Å². The van der Waals surface area contributed by atoms with Crippen LogP contribution in [0.5, 0.6) is 0 Å². The third kappa shape index (κ3) is 2.95. The second-order valence-electron chi connectivity index (χ2n) is 5.56. The van der Waals surface area contributed by atoms with Crippen LogP contribution in [0.3, 0.4) is 0 Å². The number of rotatable bonds is 4. The van der Waals surface area contributed by atoms with E-state index in [4.69, 9.17) is 12.2 Å². The first-order chi connectivity index (χ1) is 9.58. The van der Waals surface area contributed by atoms with Gasteiger partial charge in [0.2, 0.25) is 5.91 Å². The van der Waals surface area contributed by atoms with Gasteiger partial charge in [-0.3, -0.25) is 9.89 Å². The third-order valence-corrected chi connectivity index (χ3v) is 4.55. The number of hydrogen-bond donors (Lipinski definition) is 1. The highest BCUT2D eigenvalue weighted by molar-refractivity contribution is 7.71. The van der Waals surface area contributed by atoms with E-state index in [1.54, 1.807) is 0 Å². The molecule has 1 aliphatic heterocycles. The summed E-state index contributed by atoms with van der Waals surface area (Å²) >= 11 is 5.25. The van der Waals surface area contributed by atoms with Crippen LogP contribution in [0, 0.1) is 10.7 Å². The quantitative estimate of drug-likeness (QED) is 0.869. The molecule has 1 aromatic heterocycles. The van der Waals surface area contributed by atoms with Gasteiger partial charge in [0, 0.05) is 31.5 Å². The Morgan fingerprint density at radius 1 is 1.55 bits per heavy atom. The molecular formula is C14H24N4OS. The van der Waals surface area contributed by atoms with Crippen molar-refractivity contribution in [3.05, 3.63) is 10.6 Å². The fraction of sp³-hybridized carbons (Fsp3) is 0.786. The Bertz CT molecular complexity index is 521. The molecule has 0 aromatic carbocycles. The van der Waals surface area contributed by atoms with Gasteiger partial charge in [0.15, 0.2) is 4.77 Å². The first-order valence-electron chi connectivity index (χ1n) is 7.52. The van der Waals surface area contributed by atoms with Crippen LogP contribution in [0.2, 0.25) is 0 Å². The molecule has 1 saturated heterocycles. The number of nitrogens with zero attached hydrogens (tertiary/aromatic N) is 3. The number of piperidine rings is 1. The molecule has 6 heteroatoms. The molecule has 20 heavy (non-hydrogen) atoms. The maximum absolute atomic E-state index is 12.3. The van der Waals surface area contributed by atoms with Crippen molar-refractivity contribution in [2.75, 3.05) is 13.1 Å². The molecule has 112 valence electrons. The van der Waals surface area contributed by atoms with E-state index < -0.39 is 0 Å². The van der Waals surface area contributed by atoms with Crippen molar-refractivity contribution in [2.45, 2.75) is 52.5 Å². The summed E-state index contributed by atoms with van der Waals surface area (Å²) in [6.07, 6.45) is 3.01. The van der Waals surface area contributed by atoms with Crippen LogP contribution in [-0.4, -0.2) is 38.7 Å². The Morgan fingerprint density at radius 3 is 2.95 bits per heavy atom. The Balaban J connectivity index is 2.14. The highest BCUT2D eigenvalue weighted by Crippen LogP contribution is 2.26. The molecule has 1 aromatic rings. The second-order valence-corrected chi connectivity index (χ2v) is 5.95. The van der Waals surface area contributed by atoms with Crippen LogP contribution >= 0.6 is 12.2 Å². The monoisotopic (exact) mass is 296 g/mol. The lowest BCUT2D eigenvalue weighted by atomic mass is 9.95. The summed E-state index contributed by atoms with van der Waals surface area (Å²) in [5.74, 6) is 1.68. The van der Waals surface area contributed by atoms with Crippen molar-refractivity contribution >= 4 is 18.1 Å². The third-order valence-electron chi connectivity index (χ3n) is 4.24. The number of nitrogens with one attached hydrogen (secondary N) is 1. The minimum atomic E-state index is 0.112. The van der Waals surface area contributed by atoms with E-state index in [0.29, 0.717) is 10.7 Å². The molecule has 0 aliphatic carbocycles. The number of aromatic nitrogens is 3. The van der Waals surface area contributed by atoms with E-state index >= 15 is 0 Å². The normalized spacial score (nSPS) is 20.9. The maximum atomic E-state index is 12.3. The van der Waals surface area contributed by atoms with Gasteiger partial charge in [-0.15, -0.1) is 0 Å². The number of hydrogen-bond acceptors (Lipinski definition) is 3. The van der Waals surface area contributed by atoms with Crippen molar-refractivity contribution < 1.29 is 4.79 Å². The number of H-pyrrole nitrogens is 1. The van der Waals surface area contributed by atoms with Gasteiger partial charge in [-0.1, -0.05) is 13.8 Å². The van der Waals surface area contributed by atoms with Crippen molar-refractivity contribution in [1.29, 1.82) is 0 Å². The lowest BCUT2D eigenvalue weighted by Gasteiger charge is -2.33. The summed E-state index contributed by atoms with van der Waals surface area (Å²) < 4.78 is 2.71. The van der Waals surface area contributed by atoms with Crippen molar-refractivity contribution in [1.82, 2.24) is 19.7 Å². The highest BCUT2D eigenvalue weighted by atomic mass is 32.1. The largest absolute Gasteiger partial charge is 0.342 e. The molecule has 0 radical (unpaired) electrons. The average Bonchev–Trinajstić information content (AvgIpc) is 2.86. The molecule has 1 aliphatic rings. The van der Waals surface area contributed by atoms with Crippen LogP contribution in [0.25, 0.3) is 0 Å². The Morgan fingerprint density at radius 2 is 2.30 bits per heavy atom. The summed E-state index contributed by atoms with van der Waals surface area (Å²) in [7, 11) is 0. The van der Waals surface area contributed by atoms with E-state index in [9.17, 15) is 4.79 Å². The lowest BCUT2D eigenvalue weighted by molar-refractivity contribution is -0.136. The van der Waals surface area contributed by atoms with Gasteiger partial charge < -0.3 is 9.47 Å². The molecule has 2 atom stereocenters. The predicted molar refractivity (Wildman–Crippen MR) is 81.1 cm³/mol. The van der Waals surface area contributed by atoms with Gasteiger partial charge in [-0.05, 0) is 38.4 Å². The van der Waals surface area contributed by atoms with E-state index in [1.165, 1.54) is 0 Å². The summed E-state index contributed by atoms with van der Waals surface area (Å²) in [6, 6.07) is 0. The molecule has 2 heterocycles. The maximum Gasteiger partial charge on any atom is 0.225 e. The molecule has 0 saturated carbocycles. The van der Waals surface area contributed by atoms with Gasteiger partial charge in [0.1, 0.15) is 5.82 Å². The molecule has 1 amide bonds. The van der Waals surface area contributed by atoms with Gasteiger partial charge in [0.05, 0.1) is 0 Å². The Labute approximate surface area is 125 Å². The number of carbonyl (C=O) groups excluding carboxylic acids is 1. The van der Waals surface area contributed by atoms with Crippen molar-refractivity contribution in [3.8, 4) is 0 Å². The van der Waals surface area contributed by atoms with Crippen LogP contribution in [0.4, 0.5) is 0 Å². The first kappa shape index (κ1) is 15.2. The van der Waals surface area contributed by atoms with Crippen LogP contribution in [0.15, 0.2) is 0 Å². The summed E-state index contributed by atoms with van der Waals surface area (Å²) in [6.45, 7) is 8.60. The van der Waals surface area contributed by atoms with E-state index in [1.807, 2.05) is 16.4 Å². The standard InChI is InChI=1S/C14H24N4OS/c1-4-10(3)13(19)17-8-6-7-11(9-17)12-15-16-14(20)18(12)5-2/h10-11H,4-9H2,1-3H3,(H,16,20)/t10-,11-/m1/s1. The fourth-order valence-electron chi connectivity index (χ4n) is 2.82. The molecule has 0 unspecified atom stereocenters. The lowest BCUT2D eigenvalue weighted by Crippen LogP contribution is -2.42.